The molecule has 0 saturated carbocycles. The maximum absolute atomic E-state index is 9.55. The van der Waals surface area contributed by atoms with Gasteiger partial charge in [-0.25, -0.2) is 14.6 Å². The van der Waals surface area contributed by atoms with Crippen molar-refractivity contribution in [1.29, 1.82) is 0 Å². The van der Waals surface area contributed by atoms with Gasteiger partial charge in [-0.3, -0.25) is 5.32 Å². The van der Waals surface area contributed by atoms with Crippen LogP contribution in [0.5, 0.6) is 0 Å². The number of benzene rings is 2. The number of aromatic amines is 2. The Balaban J connectivity index is 0.000000406. The van der Waals surface area contributed by atoms with Gasteiger partial charge in [-0.15, -0.1) is 0 Å². The van der Waals surface area contributed by atoms with Crippen LogP contribution in [0.4, 0.5) is 0 Å². The minimum Gasteiger partial charge on any atom is -0.478 e. The molecule has 3 heterocycles. The molecule has 0 aliphatic carbocycles. The molecule has 4 aromatic rings. The summed E-state index contributed by atoms with van der Waals surface area (Å²) in [7, 11) is 0. The van der Waals surface area contributed by atoms with Gasteiger partial charge in [0, 0.05) is 28.7 Å². The summed E-state index contributed by atoms with van der Waals surface area (Å²) < 4.78 is 0. The molecule has 2 aromatic heterocycles. The third-order valence-corrected chi connectivity index (χ3v) is 7.44. The molecule has 0 bridgehead atoms. The van der Waals surface area contributed by atoms with E-state index in [1.807, 2.05) is 6.20 Å². The molecule has 0 fully saturated rings. The zero-order valence-electron chi connectivity index (χ0n) is 23.1. The summed E-state index contributed by atoms with van der Waals surface area (Å²) in [6, 6.07) is 19.4. The average Bonchev–Trinajstić information content (AvgIpc) is 3.61. The first kappa shape index (κ1) is 28.8. The Bertz CT molecular complexity index is 1430. The van der Waals surface area contributed by atoms with Crippen LogP contribution in [-0.2, 0) is 21.5 Å². The van der Waals surface area contributed by atoms with Crippen LogP contribution in [0.3, 0.4) is 0 Å². The third kappa shape index (κ3) is 6.69. The highest BCUT2D eigenvalue weighted by atomic mass is 16.4. The first-order valence-corrected chi connectivity index (χ1v) is 14.0. The van der Waals surface area contributed by atoms with Crippen molar-refractivity contribution in [2.75, 3.05) is 0 Å². The number of carboxylic acids is 2. The lowest BCUT2D eigenvalue weighted by Gasteiger charge is -2.42. The fourth-order valence-corrected chi connectivity index (χ4v) is 5.54. The van der Waals surface area contributed by atoms with Crippen molar-refractivity contribution in [1.82, 2.24) is 20.3 Å². The van der Waals surface area contributed by atoms with Gasteiger partial charge in [0.25, 0.3) is 0 Å². The van der Waals surface area contributed by atoms with Crippen molar-refractivity contribution in [3.8, 4) is 11.3 Å². The highest BCUT2D eigenvalue weighted by Gasteiger charge is 2.42. The maximum atomic E-state index is 9.55. The van der Waals surface area contributed by atoms with E-state index in [9.17, 15) is 9.59 Å². The van der Waals surface area contributed by atoms with Gasteiger partial charge in [0.2, 0.25) is 0 Å². The van der Waals surface area contributed by atoms with Crippen LogP contribution < -0.4 is 5.32 Å². The molecule has 0 amide bonds. The molecule has 0 saturated heterocycles. The number of hydrogen-bond donors (Lipinski definition) is 5. The van der Waals surface area contributed by atoms with Crippen LogP contribution in [0.1, 0.15) is 75.5 Å². The molecule has 0 spiro atoms. The lowest BCUT2D eigenvalue weighted by Crippen LogP contribution is -2.49. The minimum absolute atomic E-state index is 0.0387. The van der Waals surface area contributed by atoms with Crippen LogP contribution in [-0.4, -0.2) is 37.1 Å². The fraction of sp³-hybridized carbons (Fsp3) is 0.344. The highest BCUT2D eigenvalue weighted by Crippen LogP contribution is 2.44. The summed E-state index contributed by atoms with van der Waals surface area (Å²) in [6.07, 6.45) is 11.2. The van der Waals surface area contributed by atoms with Crippen LogP contribution in [0, 0.1) is 0 Å². The predicted molar refractivity (Wildman–Crippen MR) is 157 cm³/mol. The monoisotopic (exact) mass is 542 g/mol. The first-order chi connectivity index (χ1) is 19.4. The normalized spacial score (nSPS) is 15.9. The van der Waals surface area contributed by atoms with Crippen LogP contribution >= 0.6 is 0 Å². The molecule has 1 atom stereocenters. The highest BCUT2D eigenvalue weighted by molar-refractivity contribution is 5.89. The van der Waals surface area contributed by atoms with E-state index in [0.717, 1.165) is 30.8 Å². The van der Waals surface area contributed by atoms with Gasteiger partial charge in [0.05, 0.1) is 23.5 Å². The summed E-state index contributed by atoms with van der Waals surface area (Å²) in [5.74, 6) is -1.48. The Kier molecular flexibility index (Phi) is 9.56. The SMILES string of the molecule is CCCCC1(CCCC)N[C@@H](c2ncc(-c3ccccc3)[nH]2)Cc2c1[nH]c1ccccc21.O=C(O)/C=C/C(=O)O. The summed E-state index contributed by atoms with van der Waals surface area (Å²) in [6.45, 7) is 4.58. The molecule has 210 valence electrons. The standard InChI is InChI=1S/C28H34N4.C4H4O4/c1-3-5-16-28(17-6-4-2)26-22(21-14-10-11-15-23(21)30-26)18-24(32-28)27-29-19-25(31-27)20-12-8-7-9-13-20;5-3(6)1-2-4(7)8/h7-15,19,24,30,32H,3-6,16-18H2,1-2H3,(H,29,31);1-2H,(H,5,6)(H,7,8)/b;2-1+/t24-;/m1./s1. The Morgan fingerprint density at radius 2 is 1.55 bits per heavy atom. The Morgan fingerprint density at radius 3 is 2.17 bits per heavy atom. The Hall–Kier alpha value is -4.17. The maximum Gasteiger partial charge on any atom is 0.328 e. The van der Waals surface area contributed by atoms with E-state index in [2.05, 4.69) is 83.7 Å². The summed E-state index contributed by atoms with van der Waals surface area (Å²) >= 11 is 0. The molecule has 0 unspecified atom stereocenters. The topological polar surface area (TPSA) is 131 Å². The number of hydrogen-bond acceptors (Lipinski definition) is 4. The number of fused-ring (bicyclic) bond motifs is 3. The Labute approximate surface area is 234 Å². The minimum atomic E-state index is -1.26. The largest absolute Gasteiger partial charge is 0.478 e. The van der Waals surface area contributed by atoms with Crippen molar-refractivity contribution in [2.24, 2.45) is 0 Å². The number of nitrogens with one attached hydrogen (secondary N) is 3. The molecular weight excluding hydrogens is 504 g/mol. The molecular formula is C32H38N4O4. The van der Waals surface area contributed by atoms with Crippen molar-refractivity contribution in [3.63, 3.8) is 0 Å². The predicted octanol–water partition coefficient (Wildman–Crippen LogP) is 6.73. The van der Waals surface area contributed by atoms with Crippen LogP contribution in [0.25, 0.3) is 22.2 Å². The number of aliphatic carboxylic acids is 2. The van der Waals surface area contributed by atoms with Gasteiger partial charge < -0.3 is 20.2 Å². The second kappa shape index (κ2) is 13.3. The van der Waals surface area contributed by atoms with E-state index in [4.69, 9.17) is 15.2 Å². The number of rotatable bonds is 10. The number of imidazole rings is 1. The Morgan fingerprint density at radius 1 is 0.925 bits per heavy atom. The summed E-state index contributed by atoms with van der Waals surface area (Å²) in [5, 5.41) is 21.1. The van der Waals surface area contributed by atoms with E-state index >= 15 is 0 Å². The second-order valence-corrected chi connectivity index (χ2v) is 10.3. The van der Waals surface area contributed by atoms with Gasteiger partial charge >= 0.3 is 11.9 Å². The third-order valence-electron chi connectivity index (χ3n) is 7.44. The molecule has 40 heavy (non-hydrogen) atoms. The lowest BCUT2D eigenvalue weighted by atomic mass is 9.77. The fourth-order valence-electron chi connectivity index (χ4n) is 5.54. The van der Waals surface area contributed by atoms with Crippen LogP contribution in [0.15, 0.2) is 72.9 Å². The van der Waals surface area contributed by atoms with Crippen molar-refractivity contribution < 1.29 is 19.8 Å². The van der Waals surface area contributed by atoms with E-state index in [1.165, 1.54) is 53.4 Å². The van der Waals surface area contributed by atoms with Crippen molar-refractivity contribution >= 4 is 22.8 Å². The van der Waals surface area contributed by atoms with Gasteiger partial charge in [-0.1, -0.05) is 88.1 Å². The number of unbranched alkanes of at least 4 members (excludes halogenated alkanes) is 2. The number of nitrogens with zero attached hydrogens (tertiary/aromatic N) is 1. The van der Waals surface area contributed by atoms with Crippen molar-refractivity contribution in [3.05, 3.63) is 90.0 Å². The summed E-state index contributed by atoms with van der Waals surface area (Å²) in [4.78, 5) is 31.4. The van der Waals surface area contributed by atoms with E-state index in [0.29, 0.717) is 12.2 Å². The lowest BCUT2D eigenvalue weighted by molar-refractivity contribution is -0.134. The van der Waals surface area contributed by atoms with E-state index in [-0.39, 0.29) is 11.6 Å². The van der Waals surface area contributed by atoms with Gasteiger partial charge in [0.1, 0.15) is 5.82 Å². The quantitative estimate of drug-likeness (QED) is 0.141. The molecule has 8 heteroatoms. The second-order valence-electron chi connectivity index (χ2n) is 10.3. The number of H-pyrrole nitrogens is 2. The molecule has 2 aromatic carbocycles. The molecule has 8 nitrogen and oxygen atoms in total. The number of para-hydroxylation sites is 1. The van der Waals surface area contributed by atoms with E-state index < -0.39 is 11.9 Å². The average molecular weight is 543 g/mol. The van der Waals surface area contributed by atoms with Gasteiger partial charge in [0.15, 0.2) is 0 Å². The van der Waals surface area contributed by atoms with Gasteiger partial charge in [-0.2, -0.15) is 0 Å². The molecule has 0 radical (unpaired) electrons. The van der Waals surface area contributed by atoms with Crippen LogP contribution in [0.2, 0.25) is 0 Å². The molecule has 5 rings (SSSR count). The zero-order valence-corrected chi connectivity index (χ0v) is 23.1. The molecule has 1 aliphatic rings. The number of aromatic nitrogens is 3. The smallest absolute Gasteiger partial charge is 0.328 e. The van der Waals surface area contributed by atoms with E-state index in [1.54, 1.807) is 0 Å². The number of carboxylic acid groups (broad SMARTS) is 2. The number of carbonyl (C=O) groups is 2. The molecule has 5 N–H and O–H groups in total. The zero-order chi connectivity index (χ0) is 28.5. The molecule has 1 aliphatic heterocycles. The van der Waals surface area contributed by atoms with Gasteiger partial charge in [-0.05, 0) is 36.5 Å². The van der Waals surface area contributed by atoms with Crippen molar-refractivity contribution in [2.45, 2.75) is 70.4 Å². The summed E-state index contributed by atoms with van der Waals surface area (Å²) in [5.41, 5.74) is 6.35. The first-order valence-electron chi connectivity index (χ1n) is 14.0.